The highest BCUT2D eigenvalue weighted by molar-refractivity contribution is 5.82. The SMILES string of the molecule is C1=CCC(=C2CCCCC2)C(c2ccccc2)=C1. The largest absolute Gasteiger partial charge is 0.0801 e. The lowest BCUT2D eigenvalue weighted by Crippen LogP contribution is -2.02. The summed E-state index contributed by atoms with van der Waals surface area (Å²) in [5, 5.41) is 0. The van der Waals surface area contributed by atoms with Crippen molar-refractivity contribution >= 4 is 5.57 Å². The molecule has 0 aromatic heterocycles. The van der Waals surface area contributed by atoms with Crippen LogP contribution in [0.1, 0.15) is 44.1 Å². The van der Waals surface area contributed by atoms with Gasteiger partial charge in [0.25, 0.3) is 0 Å². The van der Waals surface area contributed by atoms with Crippen LogP contribution in [0, 0.1) is 0 Å². The quantitative estimate of drug-likeness (QED) is 0.621. The molecule has 1 fully saturated rings. The van der Waals surface area contributed by atoms with Crippen LogP contribution in [-0.2, 0) is 0 Å². The van der Waals surface area contributed by atoms with Gasteiger partial charge < -0.3 is 0 Å². The molecule has 1 saturated carbocycles. The summed E-state index contributed by atoms with van der Waals surface area (Å²) < 4.78 is 0. The number of hydrogen-bond acceptors (Lipinski definition) is 0. The number of benzene rings is 1. The van der Waals surface area contributed by atoms with Crippen molar-refractivity contribution in [1.29, 1.82) is 0 Å². The van der Waals surface area contributed by atoms with E-state index in [1.54, 1.807) is 11.1 Å². The topological polar surface area (TPSA) is 0 Å². The standard InChI is InChI=1S/C18H20/c1-3-9-15(10-4-1)17-13-7-8-14-18(17)16-11-5-2-6-12-16/h1,3-4,7-10,13H,2,5-6,11-12,14H2. The van der Waals surface area contributed by atoms with E-state index >= 15 is 0 Å². The van der Waals surface area contributed by atoms with Gasteiger partial charge in [-0.3, -0.25) is 0 Å². The maximum absolute atomic E-state index is 2.30. The van der Waals surface area contributed by atoms with E-state index in [9.17, 15) is 0 Å². The molecule has 0 spiro atoms. The molecule has 0 heterocycles. The van der Waals surface area contributed by atoms with E-state index in [0.717, 1.165) is 6.42 Å². The Morgan fingerprint density at radius 3 is 2.39 bits per heavy atom. The first-order valence-corrected chi connectivity index (χ1v) is 7.08. The van der Waals surface area contributed by atoms with Crippen LogP contribution in [-0.4, -0.2) is 0 Å². The van der Waals surface area contributed by atoms with Crippen molar-refractivity contribution in [2.24, 2.45) is 0 Å². The van der Waals surface area contributed by atoms with Crippen molar-refractivity contribution in [1.82, 2.24) is 0 Å². The fraction of sp³-hybridized carbons (Fsp3) is 0.333. The maximum Gasteiger partial charge on any atom is -0.00886 e. The van der Waals surface area contributed by atoms with Crippen LogP contribution in [0.5, 0.6) is 0 Å². The Morgan fingerprint density at radius 1 is 0.833 bits per heavy atom. The van der Waals surface area contributed by atoms with Crippen LogP contribution >= 0.6 is 0 Å². The zero-order valence-corrected chi connectivity index (χ0v) is 10.9. The van der Waals surface area contributed by atoms with Crippen molar-refractivity contribution in [2.45, 2.75) is 38.5 Å². The van der Waals surface area contributed by atoms with E-state index in [1.807, 2.05) is 0 Å². The molecule has 0 unspecified atom stereocenters. The minimum atomic E-state index is 1.12. The average Bonchev–Trinajstić information content (AvgIpc) is 2.49. The second-order valence-corrected chi connectivity index (χ2v) is 5.22. The summed E-state index contributed by atoms with van der Waals surface area (Å²) in [6.45, 7) is 0. The summed E-state index contributed by atoms with van der Waals surface area (Å²) in [7, 11) is 0. The van der Waals surface area contributed by atoms with Gasteiger partial charge in [0.2, 0.25) is 0 Å². The molecule has 0 amide bonds. The first-order valence-electron chi connectivity index (χ1n) is 7.08. The van der Waals surface area contributed by atoms with Gasteiger partial charge in [-0.2, -0.15) is 0 Å². The molecule has 0 saturated heterocycles. The fourth-order valence-electron chi connectivity index (χ4n) is 3.06. The van der Waals surface area contributed by atoms with E-state index in [4.69, 9.17) is 0 Å². The predicted octanol–water partition coefficient (Wildman–Crippen LogP) is 5.29. The summed E-state index contributed by atoms with van der Waals surface area (Å²) in [6, 6.07) is 10.8. The molecule has 0 aliphatic heterocycles. The molecule has 1 aromatic carbocycles. The van der Waals surface area contributed by atoms with E-state index in [2.05, 4.69) is 48.6 Å². The highest BCUT2D eigenvalue weighted by Crippen LogP contribution is 2.36. The molecule has 1 aromatic rings. The van der Waals surface area contributed by atoms with Crippen molar-refractivity contribution in [3.05, 3.63) is 65.3 Å². The molecule has 18 heavy (non-hydrogen) atoms. The van der Waals surface area contributed by atoms with Crippen LogP contribution < -0.4 is 0 Å². The summed E-state index contributed by atoms with van der Waals surface area (Å²) in [4.78, 5) is 0. The third-order valence-electron chi connectivity index (χ3n) is 4.01. The molecule has 0 atom stereocenters. The van der Waals surface area contributed by atoms with Crippen molar-refractivity contribution < 1.29 is 0 Å². The summed E-state index contributed by atoms with van der Waals surface area (Å²) in [6.07, 6.45) is 14.7. The average molecular weight is 236 g/mol. The summed E-state index contributed by atoms with van der Waals surface area (Å²) in [5.41, 5.74) is 6.13. The molecule has 0 heteroatoms. The first-order chi connectivity index (χ1) is 8.95. The predicted molar refractivity (Wildman–Crippen MR) is 78.3 cm³/mol. The zero-order valence-electron chi connectivity index (χ0n) is 10.9. The van der Waals surface area contributed by atoms with Gasteiger partial charge in [-0.15, -0.1) is 0 Å². The molecule has 3 rings (SSSR count). The lowest BCUT2D eigenvalue weighted by atomic mass is 9.83. The fourth-order valence-corrected chi connectivity index (χ4v) is 3.06. The van der Waals surface area contributed by atoms with Crippen LogP contribution in [0.3, 0.4) is 0 Å². The molecule has 0 bridgehead atoms. The molecule has 0 N–H and O–H groups in total. The molecule has 2 aliphatic rings. The molecule has 2 aliphatic carbocycles. The second kappa shape index (κ2) is 5.39. The van der Waals surface area contributed by atoms with Gasteiger partial charge in [0.05, 0.1) is 0 Å². The van der Waals surface area contributed by atoms with Crippen LogP contribution in [0.2, 0.25) is 0 Å². The highest BCUT2D eigenvalue weighted by atomic mass is 14.2. The van der Waals surface area contributed by atoms with Gasteiger partial charge in [0, 0.05) is 0 Å². The van der Waals surface area contributed by atoms with E-state index < -0.39 is 0 Å². The smallest absolute Gasteiger partial charge is 0.00886 e. The van der Waals surface area contributed by atoms with E-state index in [1.165, 1.54) is 43.2 Å². The van der Waals surface area contributed by atoms with Gasteiger partial charge in [-0.25, -0.2) is 0 Å². The lowest BCUT2D eigenvalue weighted by Gasteiger charge is -2.22. The minimum Gasteiger partial charge on any atom is -0.0801 e. The number of allylic oxidation sites excluding steroid dienone is 6. The van der Waals surface area contributed by atoms with Gasteiger partial charge in [-0.1, -0.05) is 60.6 Å². The third-order valence-corrected chi connectivity index (χ3v) is 4.01. The minimum absolute atomic E-state index is 1.12. The monoisotopic (exact) mass is 236 g/mol. The van der Waals surface area contributed by atoms with Crippen LogP contribution in [0.4, 0.5) is 0 Å². The summed E-state index contributed by atoms with van der Waals surface area (Å²) >= 11 is 0. The number of hydrogen-bond donors (Lipinski definition) is 0. The van der Waals surface area contributed by atoms with Gasteiger partial charge in [0.15, 0.2) is 0 Å². The Kier molecular flexibility index (Phi) is 3.45. The Bertz CT molecular complexity index is 492. The molecular formula is C18H20. The van der Waals surface area contributed by atoms with Crippen molar-refractivity contribution in [3.63, 3.8) is 0 Å². The lowest BCUT2D eigenvalue weighted by molar-refractivity contribution is 0.594. The normalized spacial score (nSPS) is 19.9. The molecule has 0 radical (unpaired) electrons. The van der Waals surface area contributed by atoms with Crippen molar-refractivity contribution in [2.75, 3.05) is 0 Å². The highest BCUT2D eigenvalue weighted by Gasteiger charge is 2.16. The Morgan fingerprint density at radius 2 is 1.61 bits per heavy atom. The summed E-state index contributed by atoms with van der Waals surface area (Å²) in [5.74, 6) is 0. The van der Waals surface area contributed by atoms with Gasteiger partial charge >= 0.3 is 0 Å². The van der Waals surface area contributed by atoms with Crippen molar-refractivity contribution in [3.8, 4) is 0 Å². The number of rotatable bonds is 1. The molecular weight excluding hydrogens is 216 g/mol. The Labute approximate surface area is 110 Å². The van der Waals surface area contributed by atoms with Gasteiger partial charge in [-0.05, 0) is 48.8 Å². The maximum atomic E-state index is 2.30. The van der Waals surface area contributed by atoms with Crippen LogP contribution in [0.15, 0.2) is 59.7 Å². The Balaban J connectivity index is 2.00. The van der Waals surface area contributed by atoms with E-state index in [-0.39, 0.29) is 0 Å². The zero-order chi connectivity index (χ0) is 12.2. The first kappa shape index (κ1) is 11.5. The molecule has 92 valence electrons. The van der Waals surface area contributed by atoms with Gasteiger partial charge in [0.1, 0.15) is 0 Å². The second-order valence-electron chi connectivity index (χ2n) is 5.22. The van der Waals surface area contributed by atoms with Crippen LogP contribution in [0.25, 0.3) is 5.57 Å². The third kappa shape index (κ3) is 2.33. The Hall–Kier alpha value is -1.56. The van der Waals surface area contributed by atoms with E-state index in [0.29, 0.717) is 0 Å². The molecule has 0 nitrogen and oxygen atoms in total.